The van der Waals surface area contributed by atoms with Gasteiger partial charge in [0.25, 0.3) is 0 Å². The van der Waals surface area contributed by atoms with E-state index >= 15 is 0 Å². The van der Waals surface area contributed by atoms with E-state index in [1.165, 1.54) is 19.9 Å². The maximum absolute atomic E-state index is 14.7. The van der Waals surface area contributed by atoms with Gasteiger partial charge in [0.15, 0.2) is 11.6 Å². The number of benzene rings is 5. The van der Waals surface area contributed by atoms with E-state index in [0.29, 0.717) is 71.2 Å². The molecule has 1 spiro atoms. The Hall–Kier alpha value is -10.8. The lowest BCUT2D eigenvalue weighted by atomic mass is 9.77. The molecule has 0 fully saturated rings. The van der Waals surface area contributed by atoms with E-state index in [1.54, 1.807) is 115 Å². The Balaban J connectivity index is 1.06. The van der Waals surface area contributed by atoms with Crippen LogP contribution in [0.5, 0.6) is 11.5 Å². The normalized spacial score (nSPS) is 15.9. The fourth-order valence-corrected chi connectivity index (χ4v) is 12.1. The van der Waals surface area contributed by atoms with Gasteiger partial charge >= 0.3 is 11.9 Å². The monoisotopic (exact) mass is 1420 g/mol. The number of nitrogens with two attached hydrogens (primary N) is 6. The minimum Gasteiger partial charge on any atom is -0.480 e. The molecule has 7 rings (SSSR count). The summed E-state index contributed by atoms with van der Waals surface area (Å²) in [6.07, 6.45) is 1.55. The smallest absolute Gasteiger partial charge is 0.340 e. The van der Waals surface area contributed by atoms with Gasteiger partial charge in [-0.05, 0) is 139 Å². The highest BCUT2D eigenvalue weighted by molar-refractivity contribution is 6.00. The topological polar surface area (TPSA) is 503 Å². The largest absolute Gasteiger partial charge is 0.480 e. The van der Waals surface area contributed by atoms with Gasteiger partial charge in [0.1, 0.15) is 47.8 Å². The van der Waals surface area contributed by atoms with Gasteiger partial charge in [-0.3, -0.25) is 53.5 Å². The second-order valence-corrected chi connectivity index (χ2v) is 26.1. The average Bonchev–Trinajstić information content (AvgIpc) is 1.60. The Labute approximate surface area is 597 Å². The van der Waals surface area contributed by atoms with Crippen LogP contribution in [0.4, 0.5) is 11.4 Å². The van der Waals surface area contributed by atoms with E-state index in [9.17, 15) is 57.8 Å². The number of anilines is 2. The lowest BCUT2D eigenvalue weighted by Gasteiger charge is -2.37. The molecule has 2 heterocycles. The van der Waals surface area contributed by atoms with Gasteiger partial charge < -0.3 is 91.5 Å². The van der Waals surface area contributed by atoms with Gasteiger partial charge in [-0.15, -0.1) is 0 Å². The number of amides is 9. The van der Waals surface area contributed by atoms with Gasteiger partial charge in [-0.25, -0.2) is 9.59 Å². The lowest BCUT2D eigenvalue weighted by molar-refractivity contribution is -0.142. The summed E-state index contributed by atoms with van der Waals surface area (Å²) in [6, 6.07) is 22.5. The van der Waals surface area contributed by atoms with Crippen molar-refractivity contribution in [3.63, 3.8) is 0 Å². The first-order valence-corrected chi connectivity index (χ1v) is 34.5. The number of nitrogens with one attached hydrogen (secondary N) is 9. The highest BCUT2D eigenvalue weighted by atomic mass is 16.6. The van der Waals surface area contributed by atoms with Crippen molar-refractivity contribution < 1.29 is 67.3 Å². The van der Waals surface area contributed by atoms with Gasteiger partial charge in [-0.1, -0.05) is 92.7 Å². The Morgan fingerprint density at radius 2 is 0.961 bits per heavy atom. The zero-order valence-corrected chi connectivity index (χ0v) is 58.3. The molecule has 5 aromatic carbocycles. The number of esters is 1. The van der Waals surface area contributed by atoms with Crippen molar-refractivity contribution in [2.45, 2.75) is 171 Å². The van der Waals surface area contributed by atoms with Crippen LogP contribution in [0.15, 0.2) is 126 Å². The molecule has 2 aliphatic heterocycles. The number of nitrogens with zero attached hydrogens (tertiary/aromatic N) is 1. The van der Waals surface area contributed by atoms with Crippen LogP contribution in [0.3, 0.4) is 0 Å². The third-order valence-electron chi connectivity index (χ3n) is 17.5. The predicted octanol–water partition coefficient (Wildman–Crippen LogP) is 1.93. The van der Waals surface area contributed by atoms with Crippen molar-refractivity contribution in [2.24, 2.45) is 45.3 Å². The van der Waals surface area contributed by atoms with E-state index in [0.717, 1.165) is 0 Å². The molecule has 9 amide bonds. The van der Waals surface area contributed by atoms with Crippen molar-refractivity contribution in [3.05, 3.63) is 155 Å². The third kappa shape index (κ3) is 22.6. The third-order valence-corrected chi connectivity index (χ3v) is 17.5. The van der Waals surface area contributed by atoms with Crippen LogP contribution in [0.25, 0.3) is 0 Å². The SMILES string of the molecule is CC(C)C[C@H](N)C(=O)Nc1ccc2c(c1)Oc1cc(NC(=O)[C@@H](CCC(N)=O)N[C@@H](C)C(=O)N[C@@H](Cc3ccccc3)C(=O)N[C@@H](CCCCN)C(=O)N[C@@H](C)C(=O)N[C@@H](CCCN=C(N)N)C(=O)N[C@@H](CCCCN)C(=O)N[C@@H](Cc3ccccc3)C(=O)O)ccc1C21OC(=O)c2ccccc21. The molecule has 2 aliphatic rings. The van der Waals surface area contributed by atoms with Crippen LogP contribution in [0.1, 0.15) is 136 Å². The quantitative estimate of drug-likeness (QED) is 0.0115. The standard InChI is InChI=1S/C73H96N16O14/c1-41(2)36-52(76)64(93)83-46-27-29-50-59(39-46)102-60-40-47(28-30-51(60)73(50)49-23-12-11-22-48(49)71(101)103-73)84-66(95)56(31-32-61(77)90)81-42(3)62(91)88-57(37-44-18-7-5-8-19-44)69(98)87-53(24-13-15-33-74)65(94)82-43(4)63(92)85-55(26-17-35-80-72(78)79)67(96)86-54(25-14-16-34-75)68(97)89-58(70(99)100)38-45-20-9-6-10-21-45/h5-12,18-23,27-30,39-43,52-58,81H,13-17,24-26,31-38,74-76H2,1-4H3,(H2,77,90)(H,82,94)(H,83,93)(H,84,95)(H,85,92)(H,86,96)(H,87,98)(H,88,91)(H,89,97)(H,99,100)(H4,78,79,80)/t42-,43-,52-,53-,54-,55-,56+,57-,58-,73?/m0/s1. The van der Waals surface area contributed by atoms with E-state index < -0.39 is 125 Å². The maximum Gasteiger partial charge on any atom is 0.340 e. The number of hydrogen-bond donors (Lipinski definition) is 16. The minimum atomic E-state index is -1.52. The first-order valence-electron chi connectivity index (χ1n) is 34.5. The van der Waals surface area contributed by atoms with Gasteiger partial charge in [0, 0.05) is 66.0 Å². The molecule has 0 radical (unpaired) electrons. The number of rotatable bonds is 40. The van der Waals surface area contributed by atoms with Crippen LogP contribution < -0.4 is 87.0 Å². The average molecular weight is 1420 g/mol. The number of guanidine groups is 1. The number of fused-ring (bicyclic) bond motifs is 6. The van der Waals surface area contributed by atoms with Crippen LogP contribution in [0, 0.1) is 5.92 Å². The molecule has 0 saturated heterocycles. The van der Waals surface area contributed by atoms with Crippen LogP contribution in [0.2, 0.25) is 0 Å². The minimum absolute atomic E-state index is 0.0159. The Morgan fingerprint density at radius 3 is 1.49 bits per heavy atom. The molecule has 30 heteroatoms. The molecule has 0 aromatic heterocycles. The van der Waals surface area contributed by atoms with Crippen molar-refractivity contribution in [3.8, 4) is 11.5 Å². The van der Waals surface area contributed by atoms with Crippen molar-refractivity contribution in [2.75, 3.05) is 30.3 Å². The summed E-state index contributed by atoms with van der Waals surface area (Å²) in [6.45, 7) is 7.24. The summed E-state index contributed by atoms with van der Waals surface area (Å²) in [5, 5.41) is 34.8. The summed E-state index contributed by atoms with van der Waals surface area (Å²) >= 11 is 0. The number of hydrogen-bond acceptors (Lipinski definition) is 18. The molecule has 30 nitrogen and oxygen atoms in total. The van der Waals surface area contributed by atoms with E-state index in [1.807, 2.05) is 13.8 Å². The van der Waals surface area contributed by atoms with E-state index in [-0.39, 0.29) is 100 Å². The summed E-state index contributed by atoms with van der Waals surface area (Å²) in [7, 11) is 0. The number of primary amides is 1. The molecule has 103 heavy (non-hydrogen) atoms. The first kappa shape index (κ1) is 79.5. The molecule has 10 atom stereocenters. The van der Waals surface area contributed by atoms with Crippen molar-refractivity contribution in [1.29, 1.82) is 0 Å². The van der Waals surface area contributed by atoms with Crippen molar-refractivity contribution >= 4 is 82.4 Å². The summed E-state index contributed by atoms with van der Waals surface area (Å²) in [4.78, 5) is 156. The van der Waals surface area contributed by atoms with Crippen LogP contribution >= 0.6 is 0 Å². The lowest BCUT2D eigenvalue weighted by Crippen LogP contribution is -2.60. The van der Waals surface area contributed by atoms with E-state index in [4.69, 9.17) is 43.9 Å². The molecular weight excluding hydrogens is 1320 g/mol. The van der Waals surface area contributed by atoms with Gasteiger partial charge in [0.2, 0.25) is 53.2 Å². The number of unbranched alkanes of at least 4 members (excludes halogenated alkanes) is 2. The molecule has 22 N–H and O–H groups in total. The van der Waals surface area contributed by atoms with Gasteiger partial charge in [0.05, 0.1) is 23.7 Å². The number of carboxylic acid groups (broad SMARTS) is 1. The van der Waals surface area contributed by atoms with Crippen LogP contribution in [-0.4, -0.2) is 150 Å². The molecule has 552 valence electrons. The molecule has 0 saturated carbocycles. The zero-order chi connectivity index (χ0) is 74.9. The Kier molecular flexibility index (Phi) is 29.5. The predicted molar refractivity (Wildman–Crippen MR) is 385 cm³/mol. The number of aliphatic imine (C=N–C) groups is 1. The fourth-order valence-electron chi connectivity index (χ4n) is 12.1. The summed E-state index contributed by atoms with van der Waals surface area (Å²) in [5.74, 6) is -8.29. The Morgan fingerprint density at radius 1 is 0.495 bits per heavy atom. The second kappa shape index (κ2) is 38.3. The fraction of sp³-hybridized carbons (Fsp3) is 0.425. The van der Waals surface area contributed by atoms with Crippen LogP contribution in [-0.2, 0) is 71.1 Å². The number of carbonyl (C=O) groups excluding carboxylic acids is 10. The molecular formula is C73H96N16O14. The van der Waals surface area contributed by atoms with E-state index in [2.05, 4.69) is 52.8 Å². The highest BCUT2D eigenvalue weighted by Crippen LogP contribution is 2.57. The first-order chi connectivity index (χ1) is 49.2. The maximum atomic E-state index is 14.7. The summed E-state index contributed by atoms with van der Waals surface area (Å²) < 4.78 is 12.8. The van der Waals surface area contributed by atoms with Crippen molar-refractivity contribution in [1.82, 2.24) is 37.2 Å². The second-order valence-electron chi connectivity index (χ2n) is 26.1. The van der Waals surface area contributed by atoms with Gasteiger partial charge in [-0.2, -0.15) is 0 Å². The number of carboxylic acids is 1. The molecule has 1 unspecified atom stereocenters. The molecule has 0 bridgehead atoms. The summed E-state index contributed by atoms with van der Waals surface area (Å²) in [5.41, 5.74) is 36.5. The number of ether oxygens (including phenoxy) is 2. The molecule has 5 aromatic rings. The highest BCUT2D eigenvalue weighted by Gasteiger charge is 2.54. The number of carbonyl (C=O) groups is 11. The zero-order valence-electron chi connectivity index (χ0n) is 58.3. The Bertz CT molecular complexity index is 3860. The number of aliphatic carboxylic acids is 1. The molecule has 0 aliphatic carbocycles.